The molecule has 3 rings (SSSR count). The fourth-order valence-corrected chi connectivity index (χ4v) is 2.57. The van der Waals surface area contributed by atoms with Gasteiger partial charge in [0.25, 0.3) is 5.91 Å². The van der Waals surface area contributed by atoms with E-state index in [1.54, 1.807) is 30.3 Å². The van der Waals surface area contributed by atoms with Gasteiger partial charge in [0.15, 0.2) is 0 Å². The molecule has 1 aromatic heterocycles. The Labute approximate surface area is 169 Å². The van der Waals surface area contributed by atoms with Crippen LogP contribution in [0.2, 0.25) is 0 Å². The van der Waals surface area contributed by atoms with Crippen LogP contribution in [0.5, 0.6) is 5.75 Å². The van der Waals surface area contributed by atoms with Crippen molar-refractivity contribution >= 4 is 34.0 Å². The molecule has 0 aliphatic rings. The molecule has 2 aromatic carbocycles. The fraction of sp³-hybridized carbons (Fsp3) is 0.0500. The van der Waals surface area contributed by atoms with Crippen molar-refractivity contribution in [2.45, 2.75) is 6.92 Å². The largest absolute Gasteiger partial charge is 0.422 e. The molecule has 0 spiro atoms. The third-order valence-corrected chi connectivity index (χ3v) is 4.12. The third-order valence-electron chi connectivity index (χ3n) is 3.63. The number of rotatable bonds is 5. The van der Waals surface area contributed by atoms with Crippen molar-refractivity contribution in [2.24, 2.45) is 5.10 Å². The second-order valence-electron chi connectivity index (χ2n) is 5.73. The Balaban J connectivity index is 1.74. The zero-order chi connectivity index (χ0) is 19.9. The maximum Gasteiger partial charge on any atom is 0.343 e. The van der Waals surface area contributed by atoms with Crippen molar-refractivity contribution in [1.29, 1.82) is 0 Å². The van der Waals surface area contributed by atoms with Crippen molar-refractivity contribution < 1.29 is 14.3 Å². The number of carbonyl (C=O) groups is 2. The lowest BCUT2D eigenvalue weighted by atomic mass is 10.1. The van der Waals surface area contributed by atoms with Gasteiger partial charge in [-0.1, -0.05) is 33.6 Å². The molecule has 0 atom stereocenters. The number of nitrogens with zero attached hydrogens (tertiary/aromatic N) is 3. The quantitative estimate of drug-likeness (QED) is 0.284. The van der Waals surface area contributed by atoms with Crippen molar-refractivity contribution in [3.8, 4) is 5.75 Å². The van der Waals surface area contributed by atoms with Crippen LogP contribution in [0.25, 0.3) is 0 Å². The molecular formula is C20H15BrN4O3. The Morgan fingerprint density at radius 3 is 2.64 bits per heavy atom. The maximum absolute atomic E-state index is 12.4. The van der Waals surface area contributed by atoms with E-state index in [9.17, 15) is 9.59 Å². The first-order valence-electron chi connectivity index (χ1n) is 8.21. The first kappa shape index (κ1) is 19.4. The van der Waals surface area contributed by atoms with Crippen LogP contribution in [0.4, 0.5) is 0 Å². The van der Waals surface area contributed by atoms with Gasteiger partial charge < -0.3 is 4.74 Å². The summed E-state index contributed by atoms with van der Waals surface area (Å²) in [6.07, 6.45) is 5.60. The summed E-state index contributed by atoms with van der Waals surface area (Å²) in [7, 11) is 0. The lowest BCUT2D eigenvalue weighted by molar-refractivity contribution is 0.0734. The molecule has 0 bridgehead atoms. The standard InChI is InChI=1S/C20H15BrN4O3/c1-13-2-4-14(5-3-13)20(27)28-18-7-6-16(21)10-15(18)11-24-25-19(26)17-12-22-8-9-23-17/h2-12H,1H3,(H,25,26)/b24-11+. The van der Waals surface area contributed by atoms with Gasteiger partial charge in [0.1, 0.15) is 11.4 Å². The smallest absolute Gasteiger partial charge is 0.343 e. The molecule has 1 amide bonds. The van der Waals surface area contributed by atoms with E-state index < -0.39 is 11.9 Å². The van der Waals surface area contributed by atoms with Gasteiger partial charge in [-0.3, -0.25) is 9.78 Å². The van der Waals surface area contributed by atoms with Crippen LogP contribution in [0.1, 0.15) is 32.0 Å². The van der Waals surface area contributed by atoms with E-state index in [4.69, 9.17) is 4.74 Å². The average Bonchev–Trinajstić information content (AvgIpc) is 2.71. The Bertz CT molecular complexity index is 1020. The zero-order valence-corrected chi connectivity index (χ0v) is 16.4. The van der Waals surface area contributed by atoms with Crippen molar-refractivity contribution in [3.05, 3.63) is 87.9 Å². The number of benzene rings is 2. The highest BCUT2D eigenvalue weighted by atomic mass is 79.9. The Hall–Kier alpha value is -3.39. The Morgan fingerprint density at radius 2 is 1.93 bits per heavy atom. The number of nitrogens with one attached hydrogen (secondary N) is 1. The molecular weight excluding hydrogens is 424 g/mol. The van der Waals surface area contributed by atoms with Gasteiger partial charge in [-0.05, 0) is 37.3 Å². The van der Waals surface area contributed by atoms with E-state index in [-0.39, 0.29) is 5.69 Å². The van der Waals surface area contributed by atoms with Crippen LogP contribution in [-0.4, -0.2) is 28.1 Å². The summed E-state index contributed by atoms with van der Waals surface area (Å²) in [4.78, 5) is 32.0. The minimum atomic E-state index is -0.502. The minimum absolute atomic E-state index is 0.139. The summed E-state index contributed by atoms with van der Waals surface area (Å²) >= 11 is 3.37. The van der Waals surface area contributed by atoms with Gasteiger partial charge in [-0.15, -0.1) is 0 Å². The molecule has 1 heterocycles. The number of esters is 1. The van der Waals surface area contributed by atoms with Crippen molar-refractivity contribution in [1.82, 2.24) is 15.4 Å². The van der Waals surface area contributed by atoms with Gasteiger partial charge in [0, 0.05) is 22.4 Å². The molecule has 0 saturated carbocycles. The summed E-state index contributed by atoms with van der Waals surface area (Å²) in [6.45, 7) is 1.94. The van der Waals surface area contributed by atoms with E-state index in [0.717, 1.165) is 10.0 Å². The van der Waals surface area contributed by atoms with Crippen LogP contribution in [0, 0.1) is 6.92 Å². The lowest BCUT2D eigenvalue weighted by Gasteiger charge is -2.08. The zero-order valence-electron chi connectivity index (χ0n) is 14.8. The number of carbonyl (C=O) groups excluding carboxylic acids is 2. The third kappa shape index (κ3) is 5.08. The molecule has 28 heavy (non-hydrogen) atoms. The second-order valence-corrected chi connectivity index (χ2v) is 6.64. The lowest BCUT2D eigenvalue weighted by Crippen LogP contribution is -2.19. The molecule has 0 saturated heterocycles. The number of hydrogen-bond acceptors (Lipinski definition) is 6. The van der Waals surface area contributed by atoms with Gasteiger partial charge in [0.05, 0.1) is 18.0 Å². The van der Waals surface area contributed by atoms with Gasteiger partial charge in [-0.25, -0.2) is 15.2 Å². The number of aromatic nitrogens is 2. The molecule has 8 heteroatoms. The molecule has 0 radical (unpaired) electrons. The highest BCUT2D eigenvalue weighted by Gasteiger charge is 2.12. The number of amides is 1. The van der Waals surface area contributed by atoms with Gasteiger partial charge >= 0.3 is 5.97 Å². The molecule has 7 nitrogen and oxygen atoms in total. The molecule has 0 fully saturated rings. The maximum atomic E-state index is 12.4. The van der Waals surface area contributed by atoms with Crippen molar-refractivity contribution in [3.63, 3.8) is 0 Å². The van der Waals surface area contributed by atoms with Crippen LogP contribution >= 0.6 is 15.9 Å². The summed E-state index contributed by atoms with van der Waals surface area (Å²) in [5, 5.41) is 3.91. The Kier molecular flexibility index (Phi) is 6.23. The number of ether oxygens (including phenoxy) is 1. The molecule has 0 aliphatic carbocycles. The van der Waals surface area contributed by atoms with E-state index in [1.165, 1.54) is 24.8 Å². The van der Waals surface area contributed by atoms with E-state index >= 15 is 0 Å². The number of aryl methyl sites for hydroxylation is 1. The summed E-state index contributed by atoms with van der Waals surface area (Å²) in [5.41, 5.74) is 4.49. The van der Waals surface area contributed by atoms with Crippen molar-refractivity contribution in [2.75, 3.05) is 0 Å². The summed E-state index contributed by atoms with van der Waals surface area (Å²) in [6, 6.07) is 12.2. The fourth-order valence-electron chi connectivity index (χ4n) is 2.20. The van der Waals surface area contributed by atoms with Crippen LogP contribution in [0.15, 0.2) is 70.6 Å². The van der Waals surface area contributed by atoms with E-state index in [2.05, 4.69) is 36.4 Å². The predicted octanol–water partition coefficient (Wildman–Crippen LogP) is 3.53. The monoisotopic (exact) mass is 438 g/mol. The second kappa shape index (κ2) is 9.01. The molecule has 0 aliphatic heterocycles. The van der Waals surface area contributed by atoms with Crippen LogP contribution < -0.4 is 10.2 Å². The molecule has 3 aromatic rings. The van der Waals surface area contributed by atoms with E-state index in [1.807, 2.05) is 19.1 Å². The minimum Gasteiger partial charge on any atom is -0.422 e. The molecule has 1 N–H and O–H groups in total. The predicted molar refractivity (Wildman–Crippen MR) is 107 cm³/mol. The van der Waals surface area contributed by atoms with Crippen LogP contribution in [0.3, 0.4) is 0 Å². The SMILES string of the molecule is Cc1ccc(C(=O)Oc2ccc(Br)cc2/C=N/NC(=O)c2cnccn2)cc1. The van der Waals surface area contributed by atoms with E-state index in [0.29, 0.717) is 16.9 Å². The number of hydrogen-bond donors (Lipinski definition) is 1. The number of halogens is 1. The Morgan fingerprint density at radius 1 is 1.14 bits per heavy atom. The summed E-state index contributed by atoms with van der Waals surface area (Å²) < 4.78 is 6.25. The summed E-state index contributed by atoms with van der Waals surface area (Å²) in [5.74, 6) is -0.676. The molecule has 140 valence electrons. The van der Waals surface area contributed by atoms with Gasteiger partial charge in [-0.2, -0.15) is 5.10 Å². The normalized spacial score (nSPS) is 10.6. The first-order valence-corrected chi connectivity index (χ1v) is 9.00. The number of hydrazone groups is 1. The topological polar surface area (TPSA) is 93.5 Å². The van der Waals surface area contributed by atoms with Crippen LogP contribution in [-0.2, 0) is 0 Å². The highest BCUT2D eigenvalue weighted by molar-refractivity contribution is 9.10. The molecule has 0 unspecified atom stereocenters. The van der Waals surface area contributed by atoms with Gasteiger partial charge in [0.2, 0.25) is 0 Å². The highest BCUT2D eigenvalue weighted by Crippen LogP contribution is 2.23. The average molecular weight is 439 g/mol. The first-order chi connectivity index (χ1) is 13.5.